The summed E-state index contributed by atoms with van der Waals surface area (Å²) in [6, 6.07) is 51.3. The molecule has 228 valence electrons. The first-order valence-electron chi connectivity index (χ1n) is 16.5. The van der Waals surface area contributed by atoms with Gasteiger partial charge in [-0.1, -0.05) is 91.0 Å². The van der Waals surface area contributed by atoms with Crippen LogP contribution in [0.5, 0.6) is 0 Å². The average Bonchev–Trinajstić information content (AvgIpc) is 3.80. The van der Waals surface area contributed by atoms with E-state index < -0.39 is 5.92 Å². The number of nitriles is 1. The highest BCUT2D eigenvalue weighted by Gasteiger charge is 2.30. The van der Waals surface area contributed by atoms with E-state index in [4.69, 9.17) is 6.57 Å². The molecule has 0 radical (unpaired) electrons. The van der Waals surface area contributed by atoms with Gasteiger partial charge in [-0.2, -0.15) is 5.26 Å². The minimum atomic E-state index is -0.471. The van der Waals surface area contributed by atoms with Gasteiger partial charge in [-0.15, -0.1) is 0 Å². The number of aromatic nitrogens is 3. The van der Waals surface area contributed by atoms with Gasteiger partial charge in [-0.05, 0) is 61.0 Å². The van der Waals surface area contributed by atoms with E-state index in [1.54, 1.807) is 0 Å². The first-order valence-corrected chi connectivity index (χ1v) is 16.5. The van der Waals surface area contributed by atoms with E-state index in [-0.39, 0.29) is 0 Å². The van der Waals surface area contributed by atoms with Crippen molar-refractivity contribution in [2.75, 3.05) is 0 Å². The Hall–Kier alpha value is -6.82. The van der Waals surface area contributed by atoms with Crippen LogP contribution in [0.15, 0.2) is 151 Å². The summed E-state index contributed by atoms with van der Waals surface area (Å²) in [5, 5.41) is 17.7. The molecule has 1 atom stereocenters. The van der Waals surface area contributed by atoms with Crippen LogP contribution in [0.2, 0.25) is 0 Å². The van der Waals surface area contributed by atoms with Gasteiger partial charge in [0, 0.05) is 49.4 Å². The number of fused-ring (bicyclic) bond motifs is 10. The van der Waals surface area contributed by atoms with Crippen molar-refractivity contribution in [3.8, 4) is 11.8 Å². The Labute approximate surface area is 281 Å². The van der Waals surface area contributed by atoms with E-state index in [0.717, 1.165) is 71.7 Å². The van der Waals surface area contributed by atoms with Gasteiger partial charge >= 0.3 is 0 Å². The maximum absolute atomic E-state index is 10.8. The molecular formula is C44H27N5. The van der Waals surface area contributed by atoms with Gasteiger partial charge in [0.15, 0.2) is 0 Å². The van der Waals surface area contributed by atoms with Crippen LogP contribution >= 0.6 is 0 Å². The minimum Gasteiger partial charge on any atom is -0.323 e. The van der Waals surface area contributed by atoms with Crippen LogP contribution in [0.1, 0.15) is 6.42 Å². The number of allylic oxidation sites excluding steroid dienone is 3. The van der Waals surface area contributed by atoms with Gasteiger partial charge in [0.05, 0.1) is 51.7 Å². The molecule has 5 heteroatoms. The lowest BCUT2D eigenvalue weighted by Gasteiger charge is -2.25. The third-order valence-electron chi connectivity index (χ3n) is 10.2. The zero-order valence-electron chi connectivity index (χ0n) is 26.4. The van der Waals surface area contributed by atoms with E-state index in [9.17, 15) is 5.26 Å². The Balaban J connectivity index is 1.29. The number of rotatable bonds is 3. The molecule has 0 saturated carbocycles. The van der Waals surface area contributed by atoms with Crippen molar-refractivity contribution in [1.29, 1.82) is 5.26 Å². The number of benzene rings is 6. The van der Waals surface area contributed by atoms with Crippen LogP contribution in [0.3, 0.4) is 0 Å². The molecule has 0 N–H and O–H groups in total. The second-order valence-electron chi connectivity index (χ2n) is 12.7. The summed E-state index contributed by atoms with van der Waals surface area (Å²) >= 11 is 0. The molecule has 5 nitrogen and oxygen atoms in total. The first kappa shape index (κ1) is 27.3. The average molecular weight is 626 g/mol. The van der Waals surface area contributed by atoms with Crippen molar-refractivity contribution in [2.45, 2.75) is 6.42 Å². The van der Waals surface area contributed by atoms with Gasteiger partial charge in [0.1, 0.15) is 0 Å². The highest BCUT2D eigenvalue weighted by atomic mass is 15.0. The highest BCUT2D eigenvalue weighted by Crippen LogP contribution is 2.46. The summed E-state index contributed by atoms with van der Waals surface area (Å²) in [4.78, 5) is 4.12. The summed E-state index contributed by atoms with van der Waals surface area (Å²) in [5.41, 5.74) is 9.78. The van der Waals surface area contributed by atoms with Crippen molar-refractivity contribution < 1.29 is 0 Å². The fourth-order valence-electron chi connectivity index (χ4n) is 8.23. The molecule has 0 fully saturated rings. The normalized spacial score (nSPS) is 15.1. The van der Waals surface area contributed by atoms with Gasteiger partial charge in [-0.25, -0.2) is 4.85 Å². The summed E-state index contributed by atoms with van der Waals surface area (Å²) in [7, 11) is 0. The smallest absolute Gasteiger partial charge is 0.208 e. The number of para-hydroxylation sites is 5. The molecule has 3 heterocycles. The molecule has 0 aliphatic heterocycles. The van der Waals surface area contributed by atoms with Crippen LogP contribution in [-0.2, 0) is 0 Å². The van der Waals surface area contributed by atoms with E-state index >= 15 is 0 Å². The van der Waals surface area contributed by atoms with Gasteiger partial charge < -0.3 is 13.7 Å². The van der Waals surface area contributed by atoms with E-state index in [1.807, 2.05) is 24.3 Å². The van der Waals surface area contributed by atoms with Crippen LogP contribution in [-0.4, -0.2) is 13.7 Å². The maximum Gasteiger partial charge on any atom is 0.208 e. The minimum absolute atomic E-state index is 0.423. The van der Waals surface area contributed by atoms with Gasteiger partial charge in [-0.3, -0.25) is 0 Å². The molecule has 3 aromatic heterocycles. The topological polar surface area (TPSA) is 42.9 Å². The zero-order chi connectivity index (χ0) is 32.6. The molecule has 1 aliphatic carbocycles. The summed E-state index contributed by atoms with van der Waals surface area (Å²) in [6.07, 6.45) is 2.39. The molecule has 0 bridgehead atoms. The van der Waals surface area contributed by atoms with Crippen molar-refractivity contribution in [2.24, 2.45) is 5.92 Å². The van der Waals surface area contributed by atoms with Crippen molar-refractivity contribution in [1.82, 2.24) is 13.7 Å². The molecule has 1 aliphatic rings. The zero-order valence-corrected chi connectivity index (χ0v) is 26.4. The van der Waals surface area contributed by atoms with Crippen molar-refractivity contribution in [3.05, 3.63) is 163 Å². The second-order valence-corrected chi connectivity index (χ2v) is 12.7. The Morgan fingerprint density at radius 2 is 1.00 bits per heavy atom. The molecular weight excluding hydrogens is 599 g/mol. The molecule has 0 saturated heterocycles. The first-order chi connectivity index (χ1) is 24.3. The Bertz CT molecular complexity index is 2930. The van der Waals surface area contributed by atoms with E-state index in [1.165, 1.54) is 10.8 Å². The van der Waals surface area contributed by atoms with E-state index in [0.29, 0.717) is 12.1 Å². The van der Waals surface area contributed by atoms with Crippen molar-refractivity contribution in [3.63, 3.8) is 0 Å². The lowest BCUT2D eigenvalue weighted by molar-refractivity contribution is 0.798. The Kier molecular flexibility index (Phi) is 5.76. The number of hydrogen-bond acceptors (Lipinski definition) is 1. The molecule has 49 heavy (non-hydrogen) atoms. The predicted octanol–water partition coefficient (Wildman–Crippen LogP) is 11.2. The van der Waals surface area contributed by atoms with Crippen LogP contribution in [0, 0.1) is 23.8 Å². The number of nitrogens with zero attached hydrogens (tertiary/aromatic N) is 5. The maximum atomic E-state index is 10.8. The van der Waals surface area contributed by atoms with Crippen LogP contribution < -0.4 is 0 Å². The Morgan fingerprint density at radius 1 is 0.531 bits per heavy atom. The molecule has 0 spiro atoms. The molecule has 0 amide bonds. The molecule has 9 aromatic rings. The van der Waals surface area contributed by atoms with E-state index in [2.05, 4.69) is 146 Å². The summed E-state index contributed by atoms with van der Waals surface area (Å²) < 4.78 is 6.77. The second kappa shape index (κ2) is 10.3. The summed E-state index contributed by atoms with van der Waals surface area (Å²) in [6.45, 7) is 8.41. The fourth-order valence-corrected chi connectivity index (χ4v) is 8.23. The van der Waals surface area contributed by atoms with Gasteiger partial charge in [0.2, 0.25) is 5.70 Å². The third-order valence-corrected chi connectivity index (χ3v) is 10.2. The molecule has 10 rings (SSSR count). The Morgan fingerprint density at radius 3 is 1.55 bits per heavy atom. The summed E-state index contributed by atoms with van der Waals surface area (Å²) in [5.74, 6) is -0.471. The van der Waals surface area contributed by atoms with Gasteiger partial charge in [0.25, 0.3) is 0 Å². The SMILES string of the molecule is [C-]#[N+]C1=C(n2c3ccccc3c3ccccc32)CC(C#N)C(n2c3ccccc3c3c4c5ccccc5n(-c5ccccc5)c4ccc32)=C1. The van der Waals surface area contributed by atoms with Crippen molar-refractivity contribution >= 4 is 76.8 Å². The highest BCUT2D eigenvalue weighted by molar-refractivity contribution is 6.29. The molecule has 6 aromatic carbocycles. The standard InChI is InChI=1S/C44H27N5/c1-46-34-26-41(28(27-45)25-42(34)48-35-19-9-5-15-30(35)31-16-6-10-20-36(31)48)49-38-22-12-8-18-33(38)44-40(49)24-23-39-43(44)32-17-7-11-21-37(32)47(39)29-13-3-2-4-14-29/h2-24,26,28H,25H2. The predicted molar refractivity (Wildman–Crippen MR) is 201 cm³/mol. The quantitative estimate of drug-likeness (QED) is 0.180. The third kappa shape index (κ3) is 3.73. The lowest BCUT2D eigenvalue weighted by Crippen LogP contribution is -2.16. The lowest BCUT2D eigenvalue weighted by atomic mass is 9.93. The fraction of sp³-hybridized carbons (Fsp3) is 0.0455. The largest absolute Gasteiger partial charge is 0.323 e. The molecule has 1 unspecified atom stereocenters. The van der Waals surface area contributed by atoms with Crippen LogP contribution in [0.4, 0.5) is 0 Å². The number of hydrogen-bond donors (Lipinski definition) is 0. The van der Waals surface area contributed by atoms with Crippen LogP contribution in [0.25, 0.3) is 87.3 Å². The monoisotopic (exact) mass is 625 g/mol.